The van der Waals surface area contributed by atoms with Crippen LogP contribution in [0.2, 0.25) is 0 Å². The number of aliphatic hydroxyl groups excluding tert-OH is 1. The van der Waals surface area contributed by atoms with E-state index in [1.165, 1.54) is 0 Å². The van der Waals surface area contributed by atoms with Crippen molar-refractivity contribution in [3.05, 3.63) is 108 Å². The fourth-order valence-electron chi connectivity index (χ4n) is 3.16. The van der Waals surface area contributed by atoms with Gasteiger partial charge in [-0.2, -0.15) is 0 Å². The highest BCUT2D eigenvalue weighted by Gasteiger charge is 2.33. The zero-order chi connectivity index (χ0) is 25.0. The maximum atomic E-state index is 12.8. The molecule has 9 heteroatoms. The van der Waals surface area contributed by atoms with E-state index in [9.17, 15) is 24.6 Å². The third kappa shape index (κ3) is 7.66. The van der Waals surface area contributed by atoms with Crippen molar-refractivity contribution in [3.63, 3.8) is 0 Å². The van der Waals surface area contributed by atoms with Gasteiger partial charge in [0.2, 0.25) is 6.10 Å². The van der Waals surface area contributed by atoms with E-state index in [4.69, 9.17) is 14.3 Å². The van der Waals surface area contributed by atoms with E-state index in [-0.39, 0.29) is 13.2 Å². The highest BCUT2D eigenvalue weighted by Crippen LogP contribution is 2.22. The second-order valence-corrected chi connectivity index (χ2v) is 7.44. The molecular weight excluding hydrogens is 454 g/mol. The van der Waals surface area contributed by atoms with Crippen LogP contribution in [0.4, 0.5) is 4.79 Å². The number of rotatable bonds is 11. The van der Waals surface area contributed by atoms with Crippen LogP contribution in [0.15, 0.2) is 91.0 Å². The fourth-order valence-corrected chi connectivity index (χ4v) is 3.16. The summed E-state index contributed by atoms with van der Waals surface area (Å²) in [5, 5.41) is 19.8. The molecule has 3 aromatic carbocycles. The lowest BCUT2D eigenvalue weighted by molar-refractivity contribution is -0.194. The normalized spacial score (nSPS) is 12.4. The van der Waals surface area contributed by atoms with Crippen molar-refractivity contribution in [2.24, 2.45) is 0 Å². The molecule has 0 saturated carbocycles. The average molecular weight is 479 g/mol. The zero-order valence-corrected chi connectivity index (χ0v) is 18.7. The van der Waals surface area contributed by atoms with Gasteiger partial charge in [0.1, 0.15) is 6.61 Å². The van der Waals surface area contributed by atoms with Gasteiger partial charge in [-0.15, -0.1) is 5.06 Å². The number of carboxylic acids is 1. The predicted molar refractivity (Wildman–Crippen MR) is 123 cm³/mol. The first-order valence-electron chi connectivity index (χ1n) is 10.8. The van der Waals surface area contributed by atoms with Crippen LogP contribution in [0.1, 0.15) is 22.8 Å². The number of carbonyl (C=O) groups excluding carboxylic acids is 2. The smallest absolute Gasteiger partial charge is 0.480 e. The van der Waals surface area contributed by atoms with Crippen molar-refractivity contribution in [3.8, 4) is 0 Å². The summed E-state index contributed by atoms with van der Waals surface area (Å²) < 4.78 is 10.6. The molecular formula is C26H25NO8. The number of hydrogen-bond donors (Lipinski definition) is 2. The Morgan fingerprint density at radius 2 is 1.34 bits per heavy atom. The molecule has 0 spiro atoms. The van der Waals surface area contributed by atoms with Gasteiger partial charge in [0.15, 0.2) is 6.04 Å². The molecule has 0 bridgehead atoms. The Hall–Kier alpha value is -4.21. The van der Waals surface area contributed by atoms with Crippen LogP contribution < -0.4 is 0 Å². The van der Waals surface area contributed by atoms with Crippen molar-refractivity contribution in [1.29, 1.82) is 0 Å². The van der Waals surface area contributed by atoms with Gasteiger partial charge in [-0.1, -0.05) is 91.0 Å². The van der Waals surface area contributed by atoms with E-state index < -0.39 is 36.8 Å². The topological polar surface area (TPSA) is 123 Å². The van der Waals surface area contributed by atoms with Crippen LogP contribution in [0.25, 0.3) is 0 Å². The van der Waals surface area contributed by atoms with Crippen LogP contribution in [0, 0.1) is 0 Å². The molecule has 0 aromatic heterocycles. The molecule has 182 valence electrons. The quantitative estimate of drug-likeness (QED) is 0.314. The summed E-state index contributed by atoms with van der Waals surface area (Å²) in [5.41, 5.74) is 1.72. The molecule has 2 N–H and O–H groups in total. The van der Waals surface area contributed by atoms with Gasteiger partial charge in [-0.3, -0.25) is 4.79 Å². The van der Waals surface area contributed by atoms with Crippen LogP contribution in [0.5, 0.6) is 0 Å². The Morgan fingerprint density at radius 3 is 1.89 bits per heavy atom. The van der Waals surface area contributed by atoms with Gasteiger partial charge >= 0.3 is 18.1 Å². The molecule has 3 aromatic rings. The van der Waals surface area contributed by atoms with E-state index in [0.717, 1.165) is 10.6 Å². The van der Waals surface area contributed by atoms with Crippen molar-refractivity contribution >= 4 is 18.1 Å². The molecule has 9 nitrogen and oxygen atoms in total. The largest absolute Gasteiger partial charge is 0.529 e. The van der Waals surface area contributed by atoms with Crippen molar-refractivity contribution in [2.75, 3.05) is 6.61 Å². The molecule has 0 heterocycles. The summed E-state index contributed by atoms with van der Waals surface area (Å²) in [7, 11) is 0. The second-order valence-electron chi connectivity index (χ2n) is 7.44. The van der Waals surface area contributed by atoms with Crippen LogP contribution in [-0.4, -0.2) is 46.0 Å². The maximum Gasteiger partial charge on any atom is 0.529 e. The highest BCUT2D eigenvalue weighted by atomic mass is 16.8. The number of aliphatic carboxylic acids is 1. The molecule has 0 aliphatic carbocycles. The Kier molecular flexibility index (Phi) is 9.35. The number of benzene rings is 3. The summed E-state index contributed by atoms with van der Waals surface area (Å²) in [5.74, 6) is -2.23. The molecule has 0 radical (unpaired) electrons. The minimum absolute atomic E-state index is 0.0346. The predicted octanol–water partition coefficient (Wildman–Crippen LogP) is 3.49. The Morgan fingerprint density at radius 1 is 0.800 bits per heavy atom. The average Bonchev–Trinajstić information content (AvgIpc) is 2.87. The SMILES string of the molecule is O=C(OC(C(=O)OCc1ccccc1)c1ccccc1)ON(Cc1ccccc1)[C@@H](CO)C(=O)O. The third-order valence-electron chi connectivity index (χ3n) is 4.93. The summed E-state index contributed by atoms with van der Waals surface area (Å²) >= 11 is 0. The number of esters is 1. The second kappa shape index (κ2) is 12.9. The van der Waals surface area contributed by atoms with Gasteiger partial charge < -0.3 is 24.5 Å². The Bertz CT molecular complexity index is 1090. The number of aliphatic hydroxyl groups is 1. The van der Waals surface area contributed by atoms with E-state index in [1.54, 1.807) is 84.9 Å². The molecule has 0 fully saturated rings. The van der Waals surface area contributed by atoms with Gasteiger partial charge in [-0.05, 0) is 11.1 Å². The first-order chi connectivity index (χ1) is 17.0. The van der Waals surface area contributed by atoms with E-state index >= 15 is 0 Å². The third-order valence-corrected chi connectivity index (χ3v) is 4.93. The van der Waals surface area contributed by atoms with Crippen molar-refractivity contribution < 1.29 is 38.9 Å². The van der Waals surface area contributed by atoms with Crippen LogP contribution in [-0.2, 0) is 37.1 Å². The summed E-state index contributed by atoms with van der Waals surface area (Å²) in [4.78, 5) is 42.3. The number of hydroxylamine groups is 2. The van der Waals surface area contributed by atoms with Gasteiger partial charge in [0, 0.05) is 5.56 Å². The lowest BCUT2D eigenvalue weighted by Crippen LogP contribution is -2.44. The molecule has 0 aliphatic rings. The summed E-state index contributed by atoms with van der Waals surface area (Å²) in [6.07, 6.45) is -2.78. The minimum atomic E-state index is -1.55. The van der Waals surface area contributed by atoms with Gasteiger partial charge in [-0.25, -0.2) is 9.59 Å². The monoisotopic (exact) mass is 479 g/mol. The number of carboxylic acid groups (broad SMARTS) is 1. The zero-order valence-electron chi connectivity index (χ0n) is 18.7. The van der Waals surface area contributed by atoms with Crippen LogP contribution >= 0.6 is 0 Å². The number of nitrogens with zero attached hydrogens (tertiary/aromatic N) is 1. The summed E-state index contributed by atoms with van der Waals surface area (Å²) in [6, 6.07) is 24.3. The first kappa shape index (κ1) is 25.4. The van der Waals surface area contributed by atoms with E-state index in [2.05, 4.69) is 0 Å². The fraction of sp³-hybridized carbons (Fsp3) is 0.192. The molecule has 3 rings (SSSR count). The van der Waals surface area contributed by atoms with Crippen molar-refractivity contribution in [2.45, 2.75) is 25.3 Å². The standard InChI is InChI=1S/C26H25NO8/c28-17-22(24(29)30)27(16-19-10-4-1-5-11-19)35-26(32)34-23(21-14-8-3-9-15-21)25(31)33-18-20-12-6-2-7-13-20/h1-15,22-23,28H,16-18H2,(H,29,30)/t22-,23?/m0/s1. The number of hydrogen-bond acceptors (Lipinski definition) is 8. The minimum Gasteiger partial charge on any atom is -0.480 e. The Balaban J connectivity index is 1.75. The Labute approximate surface area is 202 Å². The first-order valence-corrected chi connectivity index (χ1v) is 10.8. The molecule has 35 heavy (non-hydrogen) atoms. The molecule has 0 aliphatic heterocycles. The van der Waals surface area contributed by atoms with Gasteiger partial charge in [0.05, 0.1) is 13.2 Å². The van der Waals surface area contributed by atoms with Crippen LogP contribution in [0.3, 0.4) is 0 Å². The lowest BCUT2D eigenvalue weighted by Gasteiger charge is -2.26. The van der Waals surface area contributed by atoms with Gasteiger partial charge in [0.25, 0.3) is 0 Å². The van der Waals surface area contributed by atoms with E-state index in [0.29, 0.717) is 11.1 Å². The number of carbonyl (C=O) groups is 3. The summed E-state index contributed by atoms with van der Waals surface area (Å²) in [6.45, 7) is -0.994. The molecule has 0 amide bonds. The molecule has 2 atom stereocenters. The maximum absolute atomic E-state index is 12.8. The highest BCUT2D eigenvalue weighted by molar-refractivity contribution is 5.79. The van der Waals surface area contributed by atoms with Crippen molar-refractivity contribution in [1.82, 2.24) is 5.06 Å². The number of ether oxygens (including phenoxy) is 2. The van der Waals surface area contributed by atoms with E-state index in [1.807, 2.05) is 6.07 Å². The molecule has 0 saturated heterocycles. The molecule has 1 unspecified atom stereocenters. The lowest BCUT2D eigenvalue weighted by atomic mass is 10.1.